The summed E-state index contributed by atoms with van der Waals surface area (Å²) in [6.07, 6.45) is 7.04. The van der Waals surface area contributed by atoms with Gasteiger partial charge in [0, 0.05) is 18.5 Å². The maximum Gasteiger partial charge on any atom is 0.223 e. The highest BCUT2D eigenvalue weighted by Crippen LogP contribution is 2.23. The molecule has 3 rings (SSSR count). The molecule has 1 aliphatic carbocycles. The molecule has 23 heavy (non-hydrogen) atoms. The Hall–Kier alpha value is -2.21. The minimum Gasteiger partial charge on any atom is -0.352 e. The van der Waals surface area contributed by atoms with Crippen LogP contribution in [0.15, 0.2) is 36.9 Å². The summed E-state index contributed by atoms with van der Waals surface area (Å²) in [5.74, 6) is 0.178. The van der Waals surface area contributed by atoms with E-state index in [1.165, 1.54) is 6.33 Å². The van der Waals surface area contributed by atoms with Crippen molar-refractivity contribution in [1.29, 1.82) is 0 Å². The number of hydrogen-bond acceptors (Lipinski definition) is 4. The Kier molecular flexibility index (Phi) is 5.02. The zero-order valence-corrected chi connectivity index (χ0v) is 13.2. The highest BCUT2D eigenvalue weighted by atomic mass is 16.1. The number of hydrogen-bond donors (Lipinski definition) is 2. The lowest BCUT2D eigenvalue weighted by Crippen LogP contribution is -2.37. The van der Waals surface area contributed by atoms with Crippen molar-refractivity contribution >= 4 is 5.91 Å². The van der Waals surface area contributed by atoms with Crippen LogP contribution in [0.4, 0.5) is 0 Å². The molecule has 1 aliphatic rings. The third-order valence-corrected chi connectivity index (χ3v) is 4.46. The monoisotopic (exact) mass is 313 g/mol. The second-order valence-corrected chi connectivity index (χ2v) is 6.20. The molecule has 1 amide bonds. The van der Waals surface area contributed by atoms with Crippen LogP contribution in [0.5, 0.6) is 0 Å². The van der Waals surface area contributed by atoms with Gasteiger partial charge in [0.2, 0.25) is 5.91 Å². The van der Waals surface area contributed by atoms with Crippen LogP contribution in [-0.4, -0.2) is 26.7 Å². The number of nitrogens with two attached hydrogens (primary N) is 1. The van der Waals surface area contributed by atoms with E-state index >= 15 is 0 Å². The van der Waals surface area contributed by atoms with E-state index in [4.69, 9.17) is 5.73 Å². The molecule has 2 aromatic rings. The maximum absolute atomic E-state index is 12.4. The van der Waals surface area contributed by atoms with Gasteiger partial charge in [-0.3, -0.25) is 4.79 Å². The average molecular weight is 313 g/mol. The van der Waals surface area contributed by atoms with Crippen LogP contribution in [0.1, 0.15) is 36.8 Å². The first-order valence-electron chi connectivity index (χ1n) is 8.15. The molecule has 1 aromatic heterocycles. The van der Waals surface area contributed by atoms with E-state index in [0.29, 0.717) is 13.1 Å². The van der Waals surface area contributed by atoms with Gasteiger partial charge in [0.1, 0.15) is 12.7 Å². The lowest BCUT2D eigenvalue weighted by atomic mass is 9.85. The second-order valence-electron chi connectivity index (χ2n) is 6.20. The van der Waals surface area contributed by atoms with Gasteiger partial charge in [-0.1, -0.05) is 30.7 Å². The molecule has 0 saturated heterocycles. The van der Waals surface area contributed by atoms with Crippen LogP contribution in [-0.2, 0) is 17.9 Å². The van der Waals surface area contributed by atoms with Crippen LogP contribution in [0.3, 0.4) is 0 Å². The van der Waals surface area contributed by atoms with Crippen molar-refractivity contribution in [3.63, 3.8) is 0 Å². The fourth-order valence-corrected chi connectivity index (χ4v) is 3.17. The molecule has 0 spiro atoms. The number of rotatable bonds is 5. The molecule has 122 valence electrons. The number of amides is 1. The first kappa shape index (κ1) is 15.7. The summed E-state index contributed by atoms with van der Waals surface area (Å²) in [5.41, 5.74) is 8.22. The highest BCUT2D eigenvalue weighted by molar-refractivity contribution is 5.78. The van der Waals surface area contributed by atoms with Crippen molar-refractivity contribution in [2.24, 2.45) is 11.7 Å². The van der Waals surface area contributed by atoms with Gasteiger partial charge in [0.15, 0.2) is 0 Å². The Morgan fingerprint density at radius 1 is 1.30 bits per heavy atom. The van der Waals surface area contributed by atoms with Crippen molar-refractivity contribution in [3.8, 4) is 0 Å². The fourth-order valence-electron chi connectivity index (χ4n) is 3.17. The molecule has 0 aliphatic heterocycles. The molecule has 1 aromatic carbocycles. The van der Waals surface area contributed by atoms with Crippen LogP contribution in [0, 0.1) is 5.92 Å². The molecule has 6 nitrogen and oxygen atoms in total. The number of carbonyl (C=O) groups excluding carboxylic acids is 1. The standard InChI is InChI=1S/C17H23N5O/c18-16-7-3-6-13(8-16)17(23)20-9-14-4-1-2-5-15(14)10-22-12-19-11-21-22/h1-2,4-5,11-13,16H,3,6-10,18H2,(H,20,23). The molecule has 1 heterocycles. The maximum atomic E-state index is 12.4. The number of nitrogens with zero attached hydrogens (tertiary/aromatic N) is 3. The Morgan fingerprint density at radius 2 is 2.13 bits per heavy atom. The topological polar surface area (TPSA) is 85.8 Å². The van der Waals surface area contributed by atoms with Crippen LogP contribution in [0.25, 0.3) is 0 Å². The molecule has 0 bridgehead atoms. The predicted molar refractivity (Wildman–Crippen MR) is 87.3 cm³/mol. The molecular weight excluding hydrogens is 290 g/mol. The van der Waals surface area contributed by atoms with Crippen molar-refractivity contribution in [3.05, 3.63) is 48.0 Å². The summed E-state index contributed by atoms with van der Waals surface area (Å²) >= 11 is 0. The van der Waals surface area contributed by atoms with Crippen LogP contribution < -0.4 is 11.1 Å². The average Bonchev–Trinajstić information content (AvgIpc) is 3.07. The zero-order valence-electron chi connectivity index (χ0n) is 13.2. The van der Waals surface area contributed by atoms with Gasteiger partial charge in [-0.15, -0.1) is 0 Å². The van der Waals surface area contributed by atoms with E-state index in [2.05, 4.69) is 21.5 Å². The Balaban J connectivity index is 1.60. The van der Waals surface area contributed by atoms with Crippen LogP contribution >= 0.6 is 0 Å². The number of benzene rings is 1. The van der Waals surface area contributed by atoms with E-state index in [9.17, 15) is 4.79 Å². The van der Waals surface area contributed by atoms with E-state index in [1.807, 2.05) is 18.2 Å². The number of aromatic nitrogens is 3. The van der Waals surface area contributed by atoms with Gasteiger partial charge in [-0.25, -0.2) is 9.67 Å². The Bertz CT molecular complexity index is 640. The summed E-state index contributed by atoms with van der Waals surface area (Å²) in [6.45, 7) is 1.19. The van der Waals surface area contributed by atoms with Gasteiger partial charge in [-0.05, 0) is 30.4 Å². The Labute approximate surface area is 136 Å². The summed E-state index contributed by atoms with van der Waals surface area (Å²) in [6, 6.07) is 8.25. The summed E-state index contributed by atoms with van der Waals surface area (Å²) < 4.78 is 1.78. The summed E-state index contributed by atoms with van der Waals surface area (Å²) in [7, 11) is 0. The molecule has 2 atom stereocenters. The van der Waals surface area contributed by atoms with E-state index in [0.717, 1.165) is 36.8 Å². The zero-order chi connectivity index (χ0) is 16.1. The summed E-state index contributed by atoms with van der Waals surface area (Å²) in [4.78, 5) is 16.3. The largest absolute Gasteiger partial charge is 0.352 e. The minimum absolute atomic E-state index is 0.0567. The van der Waals surface area contributed by atoms with E-state index < -0.39 is 0 Å². The van der Waals surface area contributed by atoms with Crippen molar-refractivity contribution in [1.82, 2.24) is 20.1 Å². The first-order valence-corrected chi connectivity index (χ1v) is 8.15. The number of carbonyl (C=O) groups is 1. The molecule has 1 fully saturated rings. The predicted octanol–water partition coefficient (Wildman–Crippen LogP) is 1.46. The van der Waals surface area contributed by atoms with Crippen LogP contribution in [0.2, 0.25) is 0 Å². The van der Waals surface area contributed by atoms with Gasteiger partial charge in [-0.2, -0.15) is 5.10 Å². The molecular formula is C17H23N5O. The highest BCUT2D eigenvalue weighted by Gasteiger charge is 2.25. The van der Waals surface area contributed by atoms with Crippen molar-refractivity contribution in [2.45, 2.75) is 44.8 Å². The fraction of sp³-hybridized carbons (Fsp3) is 0.471. The molecule has 1 saturated carbocycles. The molecule has 3 N–H and O–H groups in total. The second kappa shape index (κ2) is 7.37. The normalized spacial score (nSPS) is 21.1. The summed E-state index contributed by atoms with van der Waals surface area (Å²) in [5, 5.41) is 7.20. The SMILES string of the molecule is NC1CCCC(C(=O)NCc2ccccc2Cn2cncn2)C1. The van der Waals surface area contributed by atoms with Crippen molar-refractivity contribution < 1.29 is 4.79 Å². The third-order valence-electron chi connectivity index (χ3n) is 4.46. The molecule has 2 unspecified atom stereocenters. The number of nitrogens with one attached hydrogen (secondary N) is 1. The minimum atomic E-state index is 0.0567. The van der Waals surface area contributed by atoms with Crippen molar-refractivity contribution in [2.75, 3.05) is 0 Å². The van der Waals surface area contributed by atoms with E-state index in [-0.39, 0.29) is 17.9 Å². The first-order chi connectivity index (χ1) is 11.2. The third kappa shape index (κ3) is 4.16. The Morgan fingerprint density at radius 3 is 2.87 bits per heavy atom. The lowest BCUT2D eigenvalue weighted by Gasteiger charge is -2.25. The quantitative estimate of drug-likeness (QED) is 0.875. The molecule has 6 heteroatoms. The van der Waals surface area contributed by atoms with Gasteiger partial charge >= 0.3 is 0 Å². The van der Waals surface area contributed by atoms with Gasteiger partial charge in [0.25, 0.3) is 0 Å². The smallest absolute Gasteiger partial charge is 0.223 e. The lowest BCUT2D eigenvalue weighted by molar-refractivity contribution is -0.126. The van der Waals surface area contributed by atoms with Gasteiger partial charge < -0.3 is 11.1 Å². The van der Waals surface area contributed by atoms with Gasteiger partial charge in [0.05, 0.1) is 6.54 Å². The van der Waals surface area contributed by atoms with E-state index in [1.54, 1.807) is 11.0 Å². The molecule has 0 radical (unpaired) electrons.